The average molecular weight is 461 g/mol. The highest BCUT2D eigenvalue weighted by atomic mass is 19.1. The number of fused-ring (bicyclic) bond motifs is 6. The first-order chi connectivity index (χ1) is 16.3. The molecule has 8 nitrogen and oxygen atoms in total. The van der Waals surface area contributed by atoms with Crippen LogP contribution in [-0.2, 0) is 17.8 Å². The van der Waals surface area contributed by atoms with Crippen LogP contribution in [0.5, 0.6) is 5.75 Å². The molecule has 0 aliphatic carbocycles. The molecule has 3 amide bonds. The van der Waals surface area contributed by atoms with Gasteiger partial charge in [-0.25, -0.2) is 9.29 Å². The summed E-state index contributed by atoms with van der Waals surface area (Å²) in [7, 11) is 0. The molecular weight excluding hydrogens is 441 g/mol. The molecule has 0 radical (unpaired) electrons. The lowest BCUT2D eigenvalue weighted by Crippen LogP contribution is -2.48. The summed E-state index contributed by atoms with van der Waals surface area (Å²) in [6.45, 7) is 1.55. The van der Waals surface area contributed by atoms with Gasteiger partial charge in [0.2, 0.25) is 5.43 Å². The van der Waals surface area contributed by atoms with Crippen molar-refractivity contribution < 1.29 is 23.9 Å². The number of benzene rings is 2. The molecule has 3 heterocycles. The van der Waals surface area contributed by atoms with Gasteiger partial charge in [0.15, 0.2) is 11.4 Å². The standard InChI is InChI=1S/C25H20FN3O5/c1-13-6-7-15(17(26)10-13)11-27-23(32)16-12-28-19-9-8-14-4-2-3-5-18(14)29(24(19)33)25(34)20(28)22(31)21(16)30/h2-7,10,12,19,31H,8-9,11H2,1H3,(H,27,32). The minimum absolute atomic E-state index is 0.183. The van der Waals surface area contributed by atoms with Crippen LogP contribution in [0, 0.1) is 12.7 Å². The average Bonchev–Trinajstić information content (AvgIpc) is 2.92. The van der Waals surface area contributed by atoms with Crippen molar-refractivity contribution in [1.82, 2.24) is 9.88 Å². The normalized spacial score (nSPS) is 16.5. The van der Waals surface area contributed by atoms with Crippen molar-refractivity contribution in [1.29, 1.82) is 0 Å². The SMILES string of the molecule is Cc1ccc(CNC(=O)c2cn3c(c(O)c2=O)C(=O)N2C(=O)C3CCc3ccccc32)c(F)c1. The summed E-state index contributed by atoms with van der Waals surface area (Å²) in [5, 5.41) is 13.1. The molecule has 0 saturated carbocycles. The van der Waals surface area contributed by atoms with E-state index in [2.05, 4.69) is 5.32 Å². The van der Waals surface area contributed by atoms with Crippen molar-refractivity contribution in [2.45, 2.75) is 32.4 Å². The number of pyridine rings is 1. The number of carbonyl (C=O) groups is 3. The number of hydrogen-bond acceptors (Lipinski definition) is 5. The van der Waals surface area contributed by atoms with E-state index in [1.165, 1.54) is 16.7 Å². The molecule has 0 spiro atoms. The first-order valence-corrected chi connectivity index (χ1v) is 10.8. The largest absolute Gasteiger partial charge is 0.503 e. The molecule has 2 aliphatic heterocycles. The van der Waals surface area contributed by atoms with Gasteiger partial charge in [-0.2, -0.15) is 0 Å². The lowest BCUT2D eigenvalue weighted by Gasteiger charge is -2.33. The number of nitrogens with one attached hydrogen (secondary N) is 1. The zero-order chi connectivity index (χ0) is 24.1. The highest BCUT2D eigenvalue weighted by Gasteiger charge is 2.44. The maximum absolute atomic E-state index is 14.1. The number of rotatable bonds is 3. The van der Waals surface area contributed by atoms with Crippen LogP contribution in [0.3, 0.4) is 0 Å². The van der Waals surface area contributed by atoms with Gasteiger partial charge in [0.1, 0.15) is 17.4 Å². The smallest absolute Gasteiger partial charge is 0.285 e. The van der Waals surface area contributed by atoms with E-state index in [1.807, 2.05) is 6.07 Å². The lowest BCUT2D eigenvalue weighted by molar-refractivity contribution is -0.121. The Balaban J connectivity index is 1.53. The molecule has 2 aromatic carbocycles. The molecule has 5 rings (SSSR count). The van der Waals surface area contributed by atoms with E-state index in [1.54, 1.807) is 31.2 Å². The highest BCUT2D eigenvalue weighted by molar-refractivity contribution is 6.25. The van der Waals surface area contributed by atoms with E-state index in [0.29, 0.717) is 18.5 Å². The molecule has 1 unspecified atom stereocenters. The minimum atomic E-state index is -1.04. The van der Waals surface area contributed by atoms with Gasteiger partial charge in [-0.3, -0.25) is 19.2 Å². The summed E-state index contributed by atoms with van der Waals surface area (Å²) in [5.41, 5.74) is 0.335. The van der Waals surface area contributed by atoms with Crippen LogP contribution in [0.25, 0.3) is 0 Å². The van der Waals surface area contributed by atoms with Crippen LogP contribution in [0.2, 0.25) is 0 Å². The zero-order valence-electron chi connectivity index (χ0n) is 18.2. The summed E-state index contributed by atoms with van der Waals surface area (Å²) in [6, 6.07) is 10.6. The van der Waals surface area contributed by atoms with Crippen LogP contribution >= 0.6 is 0 Å². The Morgan fingerprint density at radius 1 is 1.18 bits per heavy atom. The maximum Gasteiger partial charge on any atom is 0.285 e. The number of aromatic nitrogens is 1. The van der Waals surface area contributed by atoms with E-state index in [0.717, 1.165) is 22.2 Å². The fourth-order valence-electron chi connectivity index (χ4n) is 4.50. The number of aromatic hydroxyl groups is 1. The molecular formula is C25H20FN3O5. The van der Waals surface area contributed by atoms with Gasteiger partial charge in [0, 0.05) is 18.3 Å². The van der Waals surface area contributed by atoms with Crippen molar-refractivity contribution in [2.75, 3.05) is 4.90 Å². The maximum atomic E-state index is 14.1. The van der Waals surface area contributed by atoms with E-state index in [4.69, 9.17) is 0 Å². The lowest BCUT2D eigenvalue weighted by atomic mass is 10.0. The molecule has 3 aromatic rings. The number of para-hydroxylation sites is 1. The summed E-state index contributed by atoms with van der Waals surface area (Å²) < 4.78 is 15.3. The summed E-state index contributed by atoms with van der Waals surface area (Å²) >= 11 is 0. The fourth-order valence-corrected chi connectivity index (χ4v) is 4.50. The highest BCUT2D eigenvalue weighted by Crippen LogP contribution is 2.38. The van der Waals surface area contributed by atoms with E-state index < -0.39 is 46.3 Å². The fraction of sp³-hybridized carbons (Fsp3) is 0.200. The number of amides is 3. The van der Waals surface area contributed by atoms with Gasteiger partial charge in [-0.15, -0.1) is 0 Å². The predicted molar refractivity (Wildman–Crippen MR) is 120 cm³/mol. The third kappa shape index (κ3) is 3.28. The van der Waals surface area contributed by atoms with Gasteiger partial charge in [-0.1, -0.05) is 30.3 Å². The quantitative estimate of drug-likeness (QED) is 0.583. The second-order valence-corrected chi connectivity index (χ2v) is 8.42. The predicted octanol–water partition coefficient (Wildman–Crippen LogP) is 2.61. The molecule has 172 valence electrons. The Hall–Kier alpha value is -4.27. The van der Waals surface area contributed by atoms with E-state index in [9.17, 15) is 28.7 Å². The molecule has 2 bridgehead atoms. The van der Waals surface area contributed by atoms with Crippen molar-refractivity contribution in [3.63, 3.8) is 0 Å². The monoisotopic (exact) mass is 461 g/mol. The van der Waals surface area contributed by atoms with Crippen LogP contribution in [0.1, 0.15) is 50.0 Å². The Kier molecular flexibility index (Phi) is 5.04. The number of nitrogens with zero attached hydrogens (tertiary/aromatic N) is 2. The van der Waals surface area contributed by atoms with Crippen molar-refractivity contribution in [3.8, 4) is 5.75 Å². The molecule has 34 heavy (non-hydrogen) atoms. The molecule has 0 fully saturated rings. The number of carbonyl (C=O) groups excluding carboxylic acids is 3. The van der Waals surface area contributed by atoms with Crippen LogP contribution in [-0.4, -0.2) is 27.4 Å². The number of aryl methyl sites for hydroxylation is 2. The Labute approximate surface area is 193 Å². The molecule has 1 aromatic heterocycles. The van der Waals surface area contributed by atoms with E-state index >= 15 is 0 Å². The zero-order valence-corrected chi connectivity index (χ0v) is 18.2. The number of halogens is 1. The first kappa shape index (κ1) is 21.6. The van der Waals surface area contributed by atoms with Gasteiger partial charge >= 0.3 is 0 Å². The van der Waals surface area contributed by atoms with E-state index in [-0.39, 0.29) is 17.8 Å². The topological polar surface area (TPSA) is 109 Å². The van der Waals surface area contributed by atoms with Crippen molar-refractivity contribution in [3.05, 3.63) is 92.6 Å². The van der Waals surface area contributed by atoms with Crippen LogP contribution in [0.4, 0.5) is 10.1 Å². The van der Waals surface area contributed by atoms with Crippen molar-refractivity contribution >= 4 is 23.4 Å². The Morgan fingerprint density at radius 2 is 1.94 bits per heavy atom. The second kappa shape index (κ2) is 7.95. The van der Waals surface area contributed by atoms with Gasteiger partial charge < -0.3 is 15.0 Å². The third-order valence-electron chi connectivity index (χ3n) is 6.27. The second-order valence-electron chi connectivity index (χ2n) is 8.42. The number of hydrogen-bond donors (Lipinski definition) is 2. The Morgan fingerprint density at radius 3 is 2.71 bits per heavy atom. The molecule has 2 aliphatic rings. The Bertz CT molecular complexity index is 1440. The van der Waals surface area contributed by atoms with Gasteiger partial charge in [-0.05, 0) is 43.0 Å². The van der Waals surface area contributed by atoms with Crippen LogP contribution < -0.4 is 15.6 Å². The molecule has 2 N–H and O–H groups in total. The molecule has 9 heteroatoms. The van der Waals surface area contributed by atoms with Gasteiger partial charge in [0.05, 0.1) is 5.69 Å². The van der Waals surface area contributed by atoms with Gasteiger partial charge in [0.25, 0.3) is 17.7 Å². The first-order valence-electron chi connectivity index (χ1n) is 10.8. The van der Waals surface area contributed by atoms with Crippen molar-refractivity contribution in [2.24, 2.45) is 0 Å². The molecule has 0 saturated heterocycles. The number of anilines is 1. The summed E-state index contributed by atoms with van der Waals surface area (Å²) in [6.07, 6.45) is 1.92. The number of imide groups is 1. The third-order valence-corrected chi connectivity index (χ3v) is 6.27. The van der Waals surface area contributed by atoms with Crippen LogP contribution in [0.15, 0.2) is 53.5 Å². The summed E-state index contributed by atoms with van der Waals surface area (Å²) in [5.74, 6) is -3.59. The minimum Gasteiger partial charge on any atom is -0.503 e. The summed E-state index contributed by atoms with van der Waals surface area (Å²) in [4.78, 5) is 53.0. The molecule has 1 atom stereocenters.